The zero-order valence-corrected chi connectivity index (χ0v) is 24.8. The van der Waals surface area contributed by atoms with Gasteiger partial charge in [-0.2, -0.15) is 0 Å². The summed E-state index contributed by atoms with van der Waals surface area (Å²) in [6.45, 7) is 0. The van der Waals surface area contributed by atoms with Crippen molar-refractivity contribution in [1.82, 2.24) is 9.97 Å². The van der Waals surface area contributed by atoms with Crippen LogP contribution < -0.4 is 11.1 Å². The molecule has 0 bridgehead atoms. The monoisotopic (exact) mass is 612 g/mol. The topological polar surface area (TPSA) is 121 Å². The van der Waals surface area contributed by atoms with Gasteiger partial charge in [-0.15, -0.1) is 0 Å². The van der Waals surface area contributed by atoms with E-state index >= 15 is 0 Å². The van der Waals surface area contributed by atoms with E-state index in [0.29, 0.717) is 55.8 Å². The molecule has 1 unspecified atom stereocenters. The number of H-pyrrole nitrogens is 1. The minimum Gasteiger partial charge on any atom is -0.399 e. The van der Waals surface area contributed by atoms with Gasteiger partial charge in [0.2, 0.25) is 0 Å². The number of ketones is 1. The van der Waals surface area contributed by atoms with Crippen molar-refractivity contribution >= 4 is 57.3 Å². The molecule has 1 atom stereocenters. The van der Waals surface area contributed by atoms with Crippen LogP contribution in [-0.4, -0.2) is 26.8 Å². The summed E-state index contributed by atoms with van der Waals surface area (Å²) in [6.07, 6.45) is 4.88. The van der Waals surface area contributed by atoms with Crippen LogP contribution in [0.15, 0.2) is 72.8 Å². The number of imidazole rings is 1. The zero-order chi connectivity index (χ0) is 30.1. The number of aliphatic hydroxyl groups excluding tert-OH is 1. The summed E-state index contributed by atoms with van der Waals surface area (Å²) in [6, 6.07) is 21.9. The number of nitrogens with zero attached hydrogens (tertiary/aromatic N) is 1. The molecule has 218 valence electrons. The molecule has 7 rings (SSSR count). The van der Waals surface area contributed by atoms with E-state index in [9.17, 15) is 14.7 Å². The van der Waals surface area contributed by atoms with Crippen molar-refractivity contribution in [3.63, 3.8) is 0 Å². The second kappa shape index (κ2) is 12.2. The maximum Gasteiger partial charge on any atom is 0.255 e. The highest BCUT2D eigenvalue weighted by Crippen LogP contribution is 2.34. The van der Waals surface area contributed by atoms with Crippen LogP contribution in [-0.2, 0) is 12.8 Å². The number of hydrogen-bond acceptors (Lipinski definition) is 5. The second-order valence-corrected chi connectivity index (χ2v) is 11.7. The molecule has 9 heteroatoms. The Morgan fingerprint density at radius 3 is 2.51 bits per heavy atom. The van der Waals surface area contributed by atoms with Gasteiger partial charge in [0.25, 0.3) is 5.91 Å². The number of Topliss-reactive ketones (excluding diaryl/α,β-unsaturated/α-hetero) is 1. The smallest absolute Gasteiger partial charge is 0.255 e. The average Bonchev–Trinajstić information content (AvgIpc) is 3.41. The predicted molar refractivity (Wildman–Crippen MR) is 172 cm³/mol. The molecule has 0 saturated heterocycles. The molecule has 0 radical (unpaired) electrons. The first kappa shape index (κ1) is 28.9. The largest absolute Gasteiger partial charge is 0.399 e. The number of aromatic amines is 1. The SMILES string of the molecule is Nc1ccc2c(c1)C(=O)CCC2.O=C(Nc1ccc2c(c1)C(O)CCC2)c1ccc2nc(-c3c(Cl)cccc3Cl)[nH]c2c1. The van der Waals surface area contributed by atoms with E-state index < -0.39 is 6.10 Å². The van der Waals surface area contributed by atoms with E-state index in [0.717, 1.165) is 54.4 Å². The van der Waals surface area contributed by atoms with Crippen LogP contribution in [0.4, 0.5) is 11.4 Å². The van der Waals surface area contributed by atoms with Crippen molar-refractivity contribution in [2.75, 3.05) is 11.1 Å². The first-order valence-corrected chi connectivity index (χ1v) is 15.0. The van der Waals surface area contributed by atoms with Crippen LogP contribution in [0.1, 0.15) is 69.2 Å². The van der Waals surface area contributed by atoms with Crippen molar-refractivity contribution in [2.24, 2.45) is 0 Å². The number of nitrogen functional groups attached to an aromatic ring is 1. The maximum absolute atomic E-state index is 12.8. The molecule has 5 aromatic rings. The lowest BCUT2D eigenvalue weighted by atomic mass is 9.89. The third kappa shape index (κ3) is 6.15. The fourth-order valence-electron chi connectivity index (χ4n) is 5.69. The van der Waals surface area contributed by atoms with E-state index in [1.165, 1.54) is 0 Å². The Morgan fingerprint density at radius 2 is 1.70 bits per heavy atom. The molecule has 0 fully saturated rings. The molecule has 7 nitrogen and oxygen atoms in total. The number of anilines is 2. The number of nitrogens with one attached hydrogen (secondary N) is 2. The number of halogens is 2. The summed E-state index contributed by atoms with van der Waals surface area (Å²) in [4.78, 5) is 32.0. The van der Waals surface area contributed by atoms with E-state index in [2.05, 4.69) is 15.3 Å². The van der Waals surface area contributed by atoms with Crippen LogP contribution in [0.5, 0.6) is 0 Å². The van der Waals surface area contributed by atoms with Crippen LogP contribution in [0.25, 0.3) is 22.4 Å². The van der Waals surface area contributed by atoms with Gasteiger partial charge in [0.05, 0.1) is 32.7 Å². The van der Waals surface area contributed by atoms with Gasteiger partial charge in [0.1, 0.15) is 5.82 Å². The molecule has 1 amide bonds. The molecule has 0 aliphatic heterocycles. The third-order valence-corrected chi connectivity index (χ3v) is 8.54. The summed E-state index contributed by atoms with van der Waals surface area (Å²) >= 11 is 12.6. The zero-order valence-electron chi connectivity index (χ0n) is 23.3. The molecular weight excluding hydrogens is 583 g/mol. The van der Waals surface area contributed by atoms with Gasteiger partial charge in [-0.3, -0.25) is 9.59 Å². The Morgan fingerprint density at radius 1 is 0.930 bits per heavy atom. The lowest BCUT2D eigenvalue weighted by molar-refractivity contribution is 0.0971. The highest BCUT2D eigenvalue weighted by molar-refractivity contribution is 6.39. The van der Waals surface area contributed by atoms with Crippen molar-refractivity contribution in [3.05, 3.63) is 111 Å². The van der Waals surface area contributed by atoms with Gasteiger partial charge in [0, 0.05) is 28.9 Å². The van der Waals surface area contributed by atoms with Gasteiger partial charge >= 0.3 is 0 Å². The fraction of sp³-hybridized carbons (Fsp3) is 0.206. The Labute approximate surface area is 259 Å². The van der Waals surface area contributed by atoms with Crippen LogP contribution in [0.2, 0.25) is 10.0 Å². The molecule has 4 aromatic carbocycles. The standard InChI is InChI=1S/C24H19Cl2N3O2.C10H11NO/c25-17-4-2-5-18(26)22(17)23-28-19-10-8-14(11-20(19)29-23)24(31)27-15-9-7-13-3-1-6-21(30)16(13)12-15;11-8-5-4-7-2-1-3-10(12)9(7)6-8/h2,4-5,7-12,21,30H,1,3,6H2,(H,27,31)(H,28,29);4-6H,1-3,11H2. The Bertz CT molecular complexity index is 1850. The van der Waals surface area contributed by atoms with Crippen molar-refractivity contribution < 1.29 is 14.7 Å². The number of carbonyl (C=O) groups excluding carboxylic acids is 2. The van der Waals surface area contributed by atoms with Crippen molar-refractivity contribution in [3.8, 4) is 11.4 Å². The molecular formula is C34H30Cl2N4O3. The van der Waals surface area contributed by atoms with E-state index in [1.807, 2.05) is 30.3 Å². The number of aromatic nitrogens is 2. The number of hydrogen-bond donors (Lipinski definition) is 4. The Balaban J connectivity index is 0.000000229. The number of fused-ring (bicyclic) bond motifs is 3. The lowest BCUT2D eigenvalue weighted by Gasteiger charge is -2.22. The summed E-state index contributed by atoms with van der Waals surface area (Å²) in [5.74, 6) is 0.550. The number of nitrogens with two attached hydrogens (primary N) is 1. The third-order valence-electron chi connectivity index (χ3n) is 7.91. The molecule has 2 aliphatic rings. The molecule has 0 saturated carbocycles. The molecule has 0 spiro atoms. The fourth-order valence-corrected chi connectivity index (χ4v) is 6.27. The van der Waals surface area contributed by atoms with Gasteiger partial charge < -0.3 is 21.1 Å². The first-order valence-electron chi connectivity index (χ1n) is 14.2. The minimum atomic E-state index is -0.475. The summed E-state index contributed by atoms with van der Waals surface area (Å²) in [5.41, 5.74) is 13.5. The average molecular weight is 614 g/mol. The van der Waals surface area contributed by atoms with Gasteiger partial charge in [-0.25, -0.2) is 4.98 Å². The molecule has 1 heterocycles. The lowest BCUT2D eigenvalue weighted by Crippen LogP contribution is -2.14. The van der Waals surface area contributed by atoms with E-state index in [1.54, 1.807) is 42.5 Å². The normalized spacial score (nSPS) is 15.7. The van der Waals surface area contributed by atoms with Gasteiger partial charge in [-0.05, 0) is 103 Å². The van der Waals surface area contributed by atoms with E-state index in [-0.39, 0.29) is 11.7 Å². The Kier molecular flexibility index (Phi) is 8.21. The highest BCUT2D eigenvalue weighted by atomic mass is 35.5. The maximum atomic E-state index is 12.8. The quantitative estimate of drug-likeness (QED) is 0.154. The van der Waals surface area contributed by atoms with Crippen LogP contribution in [0.3, 0.4) is 0 Å². The number of aliphatic hydroxyl groups is 1. The molecule has 43 heavy (non-hydrogen) atoms. The number of rotatable bonds is 3. The summed E-state index contributed by atoms with van der Waals surface area (Å²) in [7, 11) is 0. The van der Waals surface area contributed by atoms with Crippen molar-refractivity contribution in [1.29, 1.82) is 0 Å². The number of benzene rings is 4. The molecule has 1 aromatic heterocycles. The number of carbonyl (C=O) groups is 2. The van der Waals surface area contributed by atoms with Crippen LogP contribution >= 0.6 is 23.2 Å². The van der Waals surface area contributed by atoms with Gasteiger partial charge in [-0.1, -0.05) is 41.4 Å². The predicted octanol–water partition coefficient (Wildman–Crippen LogP) is 7.95. The second-order valence-electron chi connectivity index (χ2n) is 10.9. The minimum absolute atomic E-state index is 0.237. The van der Waals surface area contributed by atoms with Crippen LogP contribution in [0, 0.1) is 0 Å². The van der Waals surface area contributed by atoms with Gasteiger partial charge in [0.15, 0.2) is 5.78 Å². The summed E-state index contributed by atoms with van der Waals surface area (Å²) in [5, 5.41) is 14.2. The first-order chi connectivity index (χ1) is 20.8. The number of aryl methyl sites for hydroxylation is 2. The summed E-state index contributed by atoms with van der Waals surface area (Å²) < 4.78 is 0. The number of amides is 1. The van der Waals surface area contributed by atoms with Crippen molar-refractivity contribution in [2.45, 2.75) is 44.6 Å². The van der Waals surface area contributed by atoms with E-state index in [4.69, 9.17) is 28.9 Å². The Hall–Kier alpha value is -4.17. The molecule has 2 aliphatic carbocycles. The molecule has 5 N–H and O–H groups in total. The highest BCUT2D eigenvalue weighted by Gasteiger charge is 2.20.